The Morgan fingerprint density at radius 1 is 1.37 bits per heavy atom. The first-order valence-electron chi connectivity index (χ1n) is 5.86. The van der Waals surface area contributed by atoms with Crippen LogP contribution in [-0.2, 0) is 10.0 Å². The third kappa shape index (κ3) is 3.55. The van der Waals surface area contributed by atoms with Crippen LogP contribution in [0, 0.1) is 0 Å². The summed E-state index contributed by atoms with van der Waals surface area (Å²) in [6, 6.07) is 7.33. The highest BCUT2D eigenvalue weighted by Gasteiger charge is 2.32. The molecule has 7 heteroatoms. The summed E-state index contributed by atoms with van der Waals surface area (Å²) in [5, 5.41) is -0.167. The van der Waals surface area contributed by atoms with Crippen molar-refractivity contribution in [3.8, 4) is 11.5 Å². The summed E-state index contributed by atoms with van der Waals surface area (Å²) in [5.41, 5.74) is 0. The van der Waals surface area contributed by atoms with E-state index in [0.717, 1.165) is 5.75 Å². The highest BCUT2D eigenvalue weighted by molar-refractivity contribution is 8.01. The highest BCUT2D eigenvalue weighted by Crippen LogP contribution is 2.30. The SMILES string of the molecule is COc1ccccc1OCC1SCCN1S(C)(=O)=O. The molecular formula is C12H17NO4S2. The van der Waals surface area contributed by atoms with Gasteiger partial charge in [-0.15, -0.1) is 11.8 Å². The highest BCUT2D eigenvalue weighted by atomic mass is 32.2. The normalized spacial score (nSPS) is 20.4. The Kier molecular flexibility index (Phi) is 4.59. The van der Waals surface area contributed by atoms with Gasteiger partial charge in [0.1, 0.15) is 12.0 Å². The summed E-state index contributed by atoms with van der Waals surface area (Å²) in [5.74, 6) is 2.08. The molecule has 0 aliphatic carbocycles. The molecule has 0 saturated carbocycles. The van der Waals surface area contributed by atoms with Gasteiger partial charge in [-0.25, -0.2) is 8.42 Å². The third-order valence-electron chi connectivity index (χ3n) is 2.82. The van der Waals surface area contributed by atoms with E-state index in [1.807, 2.05) is 24.3 Å². The Balaban J connectivity index is 2.02. The molecule has 0 bridgehead atoms. The van der Waals surface area contributed by atoms with Crippen molar-refractivity contribution in [3.63, 3.8) is 0 Å². The largest absolute Gasteiger partial charge is 0.493 e. The molecule has 0 amide bonds. The van der Waals surface area contributed by atoms with Crippen LogP contribution in [0.5, 0.6) is 11.5 Å². The predicted octanol–water partition coefficient (Wildman–Crippen LogP) is 1.41. The van der Waals surface area contributed by atoms with Crippen LogP contribution in [0.4, 0.5) is 0 Å². The summed E-state index contributed by atoms with van der Waals surface area (Å²) in [6.45, 7) is 0.863. The lowest BCUT2D eigenvalue weighted by Crippen LogP contribution is -2.37. The molecule has 1 aromatic rings. The van der Waals surface area contributed by atoms with Crippen LogP contribution in [0.1, 0.15) is 0 Å². The predicted molar refractivity (Wildman–Crippen MR) is 76.3 cm³/mol. The Bertz CT molecular complexity index is 532. The van der Waals surface area contributed by atoms with Gasteiger partial charge in [-0.05, 0) is 12.1 Å². The second kappa shape index (κ2) is 6.02. The van der Waals surface area contributed by atoms with Gasteiger partial charge in [-0.1, -0.05) is 12.1 Å². The molecule has 1 unspecified atom stereocenters. The Hall–Kier alpha value is -0.920. The van der Waals surface area contributed by atoms with Crippen molar-refractivity contribution >= 4 is 21.8 Å². The molecule has 1 aliphatic rings. The van der Waals surface area contributed by atoms with Crippen molar-refractivity contribution in [3.05, 3.63) is 24.3 Å². The van der Waals surface area contributed by atoms with E-state index in [1.165, 1.54) is 10.6 Å². The standard InChI is InChI=1S/C12H17NO4S2/c1-16-10-5-3-4-6-11(10)17-9-12-13(7-8-18-12)19(2,14)15/h3-6,12H,7-9H2,1-2H3. The molecule has 5 nitrogen and oxygen atoms in total. The van der Waals surface area contributed by atoms with Crippen molar-refractivity contribution in [2.24, 2.45) is 0 Å². The molecule has 1 aromatic carbocycles. The maximum Gasteiger partial charge on any atom is 0.212 e. The summed E-state index contributed by atoms with van der Waals surface area (Å²) in [7, 11) is -1.59. The van der Waals surface area contributed by atoms with Crippen LogP contribution in [0.15, 0.2) is 24.3 Å². The molecule has 1 fully saturated rings. The van der Waals surface area contributed by atoms with Crippen LogP contribution >= 0.6 is 11.8 Å². The van der Waals surface area contributed by atoms with E-state index < -0.39 is 10.0 Å². The van der Waals surface area contributed by atoms with Crippen LogP contribution < -0.4 is 9.47 Å². The van der Waals surface area contributed by atoms with Gasteiger partial charge in [0.25, 0.3) is 0 Å². The van der Waals surface area contributed by atoms with Gasteiger partial charge in [0, 0.05) is 12.3 Å². The molecule has 1 saturated heterocycles. The maximum atomic E-state index is 11.6. The lowest BCUT2D eigenvalue weighted by molar-refractivity contribution is 0.255. The smallest absolute Gasteiger partial charge is 0.212 e. The Labute approximate surface area is 117 Å². The molecule has 1 aliphatic heterocycles. The van der Waals surface area contributed by atoms with Crippen molar-refractivity contribution in [2.75, 3.05) is 32.3 Å². The fourth-order valence-electron chi connectivity index (χ4n) is 1.92. The number of para-hydroxylation sites is 2. The molecule has 0 spiro atoms. The summed E-state index contributed by atoms with van der Waals surface area (Å²) in [6.07, 6.45) is 1.23. The van der Waals surface area contributed by atoms with Gasteiger partial charge in [-0.3, -0.25) is 0 Å². The number of nitrogens with zero attached hydrogens (tertiary/aromatic N) is 1. The quantitative estimate of drug-likeness (QED) is 0.823. The van der Waals surface area contributed by atoms with Gasteiger partial charge in [0.05, 0.1) is 13.4 Å². The molecule has 0 aromatic heterocycles. The number of hydrogen-bond donors (Lipinski definition) is 0. The van der Waals surface area contributed by atoms with E-state index in [0.29, 0.717) is 24.7 Å². The number of thioether (sulfide) groups is 1. The molecule has 0 N–H and O–H groups in total. The third-order valence-corrected chi connectivity index (χ3v) is 5.44. The number of methoxy groups -OCH3 is 1. The molecule has 106 valence electrons. The molecule has 0 radical (unpaired) electrons. The van der Waals surface area contributed by atoms with E-state index in [-0.39, 0.29) is 5.37 Å². The van der Waals surface area contributed by atoms with E-state index in [4.69, 9.17) is 9.47 Å². The van der Waals surface area contributed by atoms with Gasteiger partial charge in [0.2, 0.25) is 10.0 Å². The number of benzene rings is 1. The second-order valence-electron chi connectivity index (χ2n) is 4.16. The lowest BCUT2D eigenvalue weighted by Gasteiger charge is -2.21. The Morgan fingerprint density at radius 3 is 2.68 bits per heavy atom. The molecule has 19 heavy (non-hydrogen) atoms. The topological polar surface area (TPSA) is 55.8 Å². The van der Waals surface area contributed by atoms with E-state index >= 15 is 0 Å². The van der Waals surface area contributed by atoms with Crippen molar-refractivity contribution < 1.29 is 17.9 Å². The zero-order chi connectivity index (χ0) is 13.9. The van der Waals surface area contributed by atoms with E-state index in [1.54, 1.807) is 18.9 Å². The maximum absolute atomic E-state index is 11.6. The fraction of sp³-hybridized carbons (Fsp3) is 0.500. The summed E-state index contributed by atoms with van der Waals surface area (Å²) in [4.78, 5) is 0. The number of ether oxygens (including phenoxy) is 2. The van der Waals surface area contributed by atoms with Crippen molar-refractivity contribution in [2.45, 2.75) is 5.37 Å². The molecule has 1 heterocycles. The zero-order valence-corrected chi connectivity index (χ0v) is 12.5. The van der Waals surface area contributed by atoms with Crippen molar-refractivity contribution in [1.82, 2.24) is 4.31 Å². The number of rotatable bonds is 5. The first-order chi connectivity index (χ1) is 9.02. The van der Waals surface area contributed by atoms with Gasteiger partial charge >= 0.3 is 0 Å². The zero-order valence-electron chi connectivity index (χ0n) is 10.9. The minimum absolute atomic E-state index is 0.167. The monoisotopic (exact) mass is 303 g/mol. The minimum Gasteiger partial charge on any atom is -0.493 e. The molecular weight excluding hydrogens is 286 g/mol. The van der Waals surface area contributed by atoms with Crippen LogP contribution in [0.2, 0.25) is 0 Å². The van der Waals surface area contributed by atoms with E-state index in [9.17, 15) is 8.42 Å². The van der Waals surface area contributed by atoms with Gasteiger partial charge in [-0.2, -0.15) is 4.31 Å². The summed E-state index contributed by atoms with van der Waals surface area (Å²) < 4.78 is 35.6. The lowest BCUT2D eigenvalue weighted by atomic mass is 10.3. The average Bonchev–Trinajstić information content (AvgIpc) is 2.85. The van der Waals surface area contributed by atoms with Gasteiger partial charge < -0.3 is 9.47 Å². The number of hydrogen-bond acceptors (Lipinski definition) is 5. The number of sulfonamides is 1. The fourth-order valence-corrected chi connectivity index (χ4v) is 4.60. The minimum atomic E-state index is -3.17. The van der Waals surface area contributed by atoms with Crippen LogP contribution in [-0.4, -0.2) is 50.4 Å². The van der Waals surface area contributed by atoms with Crippen molar-refractivity contribution in [1.29, 1.82) is 0 Å². The first-order valence-corrected chi connectivity index (χ1v) is 8.76. The Morgan fingerprint density at radius 2 is 2.05 bits per heavy atom. The van der Waals surface area contributed by atoms with Crippen LogP contribution in [0.3, 0.4) is 0 Å². The van der Waals surface area contributed by atoms with Crippen LogP contribution in [0.25, 0.3) is 0 Å². The van der Waals surface area contributed by atoms with E-state index in [2.05, 4.69) is 0 Å². The first kappa shape index (κ1) is 14.5. The molecule has 1 atom stereocenters. The van der Waals surface area contributed by atoms with Gasteiger partial charge in [0.15, 0.2) is 11.5 Å². The molecule has 2 rings (SSSR count). The second-order valence-corrected chi connectivity index (χ2v) is 7.38. The average molecular weight is 303 g/mol. The summed E-state index contributed by atoms with van der Waals surface area (Å²) >= 11 is 1.59.